The molecule has 1 aliphatic heterocycles. The van der Waals surface area contributed by atoms with E-state index in [4.69, 9.17) is 23.2 Å². The highest BCUT2D eigenvalue weighted by Gasteiger charge is 2.43. The molecule has 0 fully saturated rings. The summed E-state index contributed by atoms with van der Waals surface area (Å²) >= 11 is 12.4. The number of hydrogen-bond acceptors (Lipinski definition) is 3. The molecule has 1 heterocycles. The zero-order valence-electron chi connectivity index (χ0n) is 16.2. The molecule has 0 aromatic heterocycles. The molecule has 4 nitrogen and oxygen atoms in total. The van der Waals surface area contributed by atoms with Crippen molar-refractivity contribution in [2.75, 3.05) is 16.3 Å². The number of likely N-dealkylation sites (N-methyl/N-ethyl adjacent to an activating group) is 1. The second-order valence-electron chi connectivity index (χ2n) is 6.71. The summed E-state index contributed by atoms with van der Waals surface area (Å²) in [5, 5.41) is 0.884. The highest BCUT2D eigenvalue weighted by molar-refractivity contribution is 6.48. The molecule has 1 aliphatic rings. The smallest absolute Gasteiger partial charge is 0.282 e. The van der Waals surface area contributed by atoms with Crippen molar-refractivity contribution in [3.8, 4) is 0 Å². The maximum Gasteiger partial charge on any atom is 0.282 e. The lowest BCUT2D eigenvalue weighted by Gasteiger charge is -2.25. The van der Waals surface area contributed by atoms with E-state index < -0.39 is 11.8 Å². The van der Waals surface area contributed by atoms with Gasteiger partial charge in [0.1, 0.15) is 5.70 Å². The van der Waals surface area contributed by atoms with Crippen LogP contribution >= 0.6 is 23.2 Å². The Morgan fingerprint density at radius 2 is 1.43 bits per heavy atom. The van der Waals surface area contributed by atoms with Crippen LogP contribution in [0.5, 0.6) is 0 Å². The molecule has 6 heteroatoms. The Balaban J connectivity index is 1.92. The Bertz CT molecular complexity index is 1140. The standard InChI is InChI=1S/C24H18Cl2N2O2/c1-2-27(18-8-4-3-5-9-18)22-21(16-12-14-17(25)15-13-16)23(29)28(24(22)30)20-11-7-6-10-19(20)26/h3-15H,2H2,1H3. The van der Waals surface area contributed by atoms with Gasteiger partial charge in [-0.05, 0) is 48.9 Å². The summed E-state index contributed by atoms with van der Waals surface area (Å²) in [6.07, 6.45) is 0. The van der Waals surface area contributed by atoms with Crippen LogP contribution in [0.2, 0.25) is 10.0 Å². The third-order valence-corrected chi connectivity index (χ3v) is 5.51. The van der Waals surface area contributed by atoms with Crippen LogP contribution < -0.4 is 9.80 Å². The van der Waals surface area contributed by atoms with Crippen LogP contribution in [0.4, 0.5) is 11.4 Å². The molecule has 0 unspecified atom stereocenters. The van der Waals surface area contributed by atoms with Gasteiger partial charge in [-0.15, -0.1) is 0 Å². The molecule has 0 radical (unpaired) electrons. The van der Waals surface area contributed by atoms with E-state index in [9.17, 15) is 9.59 Å². The van der Waals surface area contributed by atoms with E-state index in [1.54, 1.807) is 48.5 Å². The molecule has 3 aromatic carbocycles. The number of carbonyl (C=O) groups excluding carboxylic acids is 2. The van der Waals surface area contributed by atoms with Gasteiger partial charge in [0.2, 0.25) is 0 Å². The zero-order valence-corrected chi connectivity index (χ0v) is 17.7. The molecule has 4 rings (SSSR count). The average Bonchev–Trinajstić information content (AvgIpc) is 3.01. The van der Waals surface area contributed by atoms with Crippen molar-refractivity contribution in [1.82, 2.24) is 0 Å². The van der Waals surface area contributed by atoms with E-state index in [0.29, 0.717) is 39.1 Å². The topological polar surface area (TPSA) is 40.6 Å². The molecule has 0 aliphatic carbocycles. The van der Waals surface area contributed by atoms with E-state index in [1.807, 2.05) is 42.2 Å². The molecule has 0 spiro atoms. The van der Waals surface area contributed by atoms with Crippen molar-refractivity contribution in [3.05, 3.63) is 100 Å². The minimum absolute atomic E-state index is 0.316. The fourth-order valence-electron chi connectivity index (χ4n) is 3.57. The van der Waals surface area contributed by atoms with Gasteiger partial charge in [0.05, 0.1) is 16.3 Å². The van der Waals surface area contributed by atoms with Crippen LogP contribution in [0.25, 0.3) is 5.57 Å². The lowest BCUT2D eigenvalue weighted by atomic mass is 10.0. The lowest BCUT2D eigenvalue weighted by molar-refractivity contribution is -0.120. The number of halogens is 2. The monoisotopic (exact) mass is 436 g/mol. The number of rotatable bonds is 5. The number of anilines is 2. The number of carbonyl (C=O) groups is 2. The van der Waals surface area contributed by atoms with Crippen LogP contribution in [-0.2, 0) is 9.59 Å². The highest BCUT2D eigenvalue weighted by atomic mass is 35.5. The maximum atomic E-state index is 13.6. The highest BCUT2D eigenvalue weighted by Crippen LogP contribution is 2.39. The van der Waals surface area contributed by atoms with Gasteiger partial charge in [-0.3, -0.25) is 9.59 Å². The van der Waals surface area contributed by atoms with Crippen molar-refractivity contribution in [3.63, 3.8) is 0 Å². The third kappa shape index (κ3) is 3.49. The van der Waals surface area contributed by atoms with Gasteiger partial charge in [0.15, 0.2) is 0 Å². The Morgan fingerprint density at radius 1 is 0.800 bits per heavy atom. The van der Waals surface area contributed by atoms with E-state index in [-0.39, 0.29) is 0 Å². The molecule has 0 saturated carbocycles. The molecular formula is C24H18Cl2N2O2. The van der Waals surface area contributed by atoms with E-state index in [2.05, 4.69) is 0 Å². The lowest BCUT2D eigenvalue weighted by Crippen LogP contribution is -2.35. The van der Waals surface area contributed by atoms with Crippen molar-refractivity contribution in [1.29, 1.82) is 0 Å². The van der Waals surface area contributed by atoms with Gasteiger partial charge in [-0.25, -0.2) is 4.90 Å². The molecular weight excluding hydrogens is 419 g/mol. The van der Waals surface area contributed by atoms with Crippen LogP contribution in [0.1, 0.15) is 12.5 Å². The minimum atomic E-state index is -0.417. The van der Waals surface area contributed by atoms with Crippen LogP contribution in [0.3, 0.4) is 0 Å². The largest absolute Gasteiger partial charge is 0.337 e. The van der Waals surface area contributed by atoms with Crippen molar-refractivity contribution < 1.29 is 9.59 Å². The number of amides is 2. The third-order valence-electron chi connectivity index (χ3n) is 4.94. The number of nitrogens with zero attached hydrogens (tertiary/aromatic N) is 2. The number of hydrogen-bond donors (Lipinski definition) is 0. The molecule has 0 atom stereocenters. The Labute approximate surface area is 184 Å². The summed E-state index contributed by atoms with van der Waals surface area (Å²) in [5.41, 5.74) is 2.44. The summed E-state index contributed by atoms with van der Waals surface area (Å²) < 4.78 is 0. The predicted molar refractivity (Wildman–Crippen MR) is 122 cm³/mol. The quantitative estimate of drug-likeness (QED) is 0.474. The average molecular weight is 437 g/mol. The molecule has 0 saturated heterocycles. The predicted octanol–water partition coefficient (Wildman–Crippen LogP) is 5.80. The van der Waals surface area contributed by atoms with Crippen molar-refractivity contribution in [2.24, 2.45) is 0 Å². The first-order valence-electron chi connectivity index (χ1n) is 9.49. The SMILES string of the molecule is CCN(C1=C(c2ccc(Cl)cc2)C(=O)N(c2ccccc2Cl)C1=O)c1ccccc1. The fourth-order valence-corrected chi connectivity index (χ4v) is 3.92. The second-order valence-corrected chi connectivity index (χ2v) is 7.55. The first kappa shape index (κ1) is 20.2. The van der Waals surface area contributed by atoms with Gasteiger partial charge in [0.25, 0.3) is 11.8 Å². The normalized spacial score (nSPS) is 13.9. The van der Waals surface area contributed by atoms with E-state index in [0.717, 1.165) is 10.6 Å². The van der Waals surface area contributed by atoms with E-state index in [1.165, 1.54) is 0 Å². The molecule has 30 heavy (non-hydrogen) atoms. The van der Waals surface area contributed by atoms with Gasteiger partial charge in [-0.1, -0.05) is 65.7 Å². The summed E-state index contributed by atoms with van der Waals surface area (Å²) in [7, 11) is 0. The Hall–Kier alpha value is -3.08. The number of imide groups is 1. The Kier molecular flexibility index (Phi) is 5.62. The van der Waals surface area contributed by atoms with Gasteiger partial charge in [-0.2, -0.15) is 0 Å². The zero-order chi connectivity index (χ0) is 21.3. The van der Waals surface area contributed by atoms with Gasteiger partial charge < -0.3 is 4.90 Å². The first-order valence-corrected chi connectivity index (χ1v) is 10.2. The van der Waals surface area contributed by atoms with Crippen LogP contribution in [0.15, 0.2) is 84.6 Å². The summed E-state index contributed by atoms with van der Waals surface area (Å²) in [4.78, 5) is 30.2. The molecule has 0 bridgehead atoms. The molecule has 3 aromatic rings. The van der Waals surface area contributed by atoms with Crippen molar-refractivity contribution >= 4 is 52.0 Å². The second kappa shape index (κ2) is 8.34. The van der Waals surface area contributed by atoms with Gasteiger partial charge >= 0.3 is 0 Å². The number of benzene rings is 3. The van der Waals surface area contributed by atoms with Gasteiger partial charge in [0, 0.05) is 17.3 Å². The van der Waals surface area contributed by atoms with E-state index >= 15 is 0 Å². The molecule has 0 N–H and O–H groups in total. The molecule has 150 valence electrons. The first-order chi connectivity index (χ1) is 14.5. The minimum Gasteiger partial charge on any atom is -0.337 e. The summed E-state index contributed by atoms with van der Waals surface area (Å²) in [5.74, 6) is -0.830. The maximum absolute atomic E-state index is 13.6. The molecule has 2 amide bonds. The van der Waals surface area contributed by atoms with Crippen molar-refractivity contribution in [2.45, 2.75) is 6.92 Å². The van der Waals surface area contributed by atoms with Crippen LogP contribution in [-0.4, -0.2) is 18.4 Å². The van der Waals surface area contributed by atoms with Crippen LogP contribution in [0, 0.1) is 0 Å². The Morgan fingerprint density at radius 3 is 2.07 bits per heavy atom. The summed E-state index contributed by atoms with van der Waals surface area (Å²) in [6, 6.07) is 23.3. The summed E-state index contributed by atoms with van der Waals surface area (Å²) in [6.45, 7) is 2.45. The fraction of sp³-hybridized carbons (Fsp3) is 0.0833. The number of para-hydroxylation sites is 2.